The molecular weight excluding hydrogens is 327 g/mol. The van der Waals surface area contributed by atoms with Crippen molar-refractivity contribution in [3.05, 3.63) is 35.6 Å². The molecule has 2 N–H and O–H groups in total. The lowest BCUT2D eigenvalue weighted by Gasteiger charge is -2.38. The Morgan fingerprint density at radius 3 is 2.40 bits per heavy atom. The van der Waals surface area contributed by atoms with Gasteiger partial charge in [0.05, 0.1) is 6.04 Å². The predicted octanol–water partition coefficient (Wildman–Crippen LogP) is 3.68. The first-order valence-electron chi connectivity index (χ1n) is 8.54. The van der Waals surface area contributed by atoms with Crippen LogP contribution in [0.15, 0.2) is 24.3 Å². The van der Waals surface area contributed by atoms with E-state index in [0.717, 1.165) is 5.56 Å². The second kappa shape index (κ2) is 6.54. The van der Waals surface area contributed by atoms with Crippen molar-refractivity contribution in [3.8, 4) is 0 Å². The molecule has 0 unspecified atom stereocenters. The summed E-state index contributed by atoms with van der Waals surface area (Å²) >= 11 is 0. The van der Waals surface area contributed by atoms with E-state index in [4.69, 9.17) is 9.84 Å². The number of hydrogen-bond donors (Lipinski definition) is 2. The van der Waals surface area contributed by atoms with E-state index in [1.54, 1.807) is 17.0 Å². The molecule has 1 atom stereocenters. The average Bonchev–Trinajstić information content (AvgIpc) is 2.77. The number of ether oxygens (including phenoxy) is 1. The fourth-order valence-corrected chi connectivity index (χ4v) is 4.01. The van der Waals surface area contributed by atoms with Gasteiger partial charge in [-0.25, -0.2) is 14.0 Å². The van der Waals surface area contributed by atoms with E-state index in [2.05, 4.69) is 5.32 Å². The fraction of sp³-hybridized carbons (Fsp3) is 0.556. The van der Waals surface area contributed by atoms with E-state index >= 15 is 0 Å². The Labute approximate surface area is 146 Å². The van der Waals surface area contributed by atoms with Crippen molar-refractivity contribution in [2.75, 3.05) is 0 Å². The minimum Gasteiger partial charge on any atom is -0.465 e. The molecule has 3 rings (SSSR count). The van der Waals surface area contributed by atoms with Gasteiger partial charge in [-0.15, -0.1) is 0 Å². The Balaban J connectivity index is 1.80. The van der Waals surface area contributed by atoms with Crippen LogP contribution in [0.1, 0.15) is 51.1 Å². The van der Waals surface area contributed by atoms with Gasteiger partial charge in [0.1, 0.15) is 11.4 Å². The van der Waals surface area contributed by atoms with Crippen LogP contribution in [0, 0.1) is 5.82 Å². The molecule has 1 aliphatic carbocycles. The molecule has 136 valence electrons. The van der Waals surface area contributed by atoms with E-state index in [0.29, 0.717) is 25.7 Å². The molecule has 2 aliphatic rings. The summed E-state index contributed by atoms with van der Waals surface area (Å²) < 4.78 is 18.9. The van der Waals surface area contributed by atoms with Crippen molar-refractivity contribution in [1.29, 1.82) is 0 Å². The van der Waals surface area contributed by atoms with Crippen LogP contribution in [-0.4, -0.2) is 39.9 Å². The van der Waals surface area contributed by atoms with Gasteiger partial charge in [-0.05, 0) is 57.2 Å². The average molecular weight is 350 g/mol. The number of carboxylic acid groups (broad SMARTS) is 1. The molecule has 0 aromatic heterocycles. The maximum atomic E-state index is 13.3. The Kier molecular flexibility index (Phi) is 4.58. The second-order valence-corrected chi connectivity index (χ2v) is 7.29. The number of amides is 2. The molecule has 0 bridgehead atoms. The van der Waals surface area contributed by atoms with Gasteiger partial charge in [0.15, 0.2) is 0 Å². The van der Waals surface area contributed by atoms with Gasteiger partial charge < -0.3 is 15.2 Å². The molecule has 6 nitrogen and oxygen atoms in total. The first-order valence-corrected chi connectivity index (χ1v) is 8.54. The highest BCUT2D eigenvalue weighted by atomic mass is 19.1. The van der Waals surface area contributed by atoms with Crippen LogP contribution >= 0.6 is 0 Å². The zero-order chi connectivity index (χ0) is 18.2. The fourth-order valence-electron chi connectivity index (χ4n) is 4.01. The third-order valence-corrected chi connectivity index (χ3v) is 5.10. The van der Waals surface area contributed by atoms with Crippen LogP contribution in [0.4, 0.5) is 14.0 Å². The van der Waals surface area contributed by atoms with E-state index in [-0.39, 0.29) is 30.0 Å². The number of carbonyl (C=O) groups is 2. The number of carbonyl (C=O) groups excluding carboxylic acids is 1. The Bertz CT molecular complexity index is 654. The van der Waals surface area contributed by atoms with E-state index < -0.39 is 11.7 Å². The summed E-state index contributed by atoms with van der Waals surface area (Å²) in [5, 5.41) is 11.4. The van der Waals surface area contributed by atoms with Crippen LogP contribution in [0.5, 0.6) is 0 Å². The third kappa shape index (κ3) is 3.55. The van der Waals surface area contributed by atoms with Gasteiger partial charge in [0, 0.05) is 12.1 Å². The highest BCUT2D eigenvalue weighted by molar-refractivity contribution is 5.72. The topological polar surface area (TPSA) is 78.9 Å². The number of hydrogen-bond acceptors (Lipinski definition) is 3. The summed E-state index contributed by atoms with van der Waals surface area (Å²) in [6, 6.07) is 5.76. The summed E-state index contributed by atoms with van der Waals surface area (Å²) in [6.07, 6.45) is 1.37. The monoisotopic (exact) mass is 350 g/mol. The molecule has 1 heterocycles. The van der Waals surface area contributed by atoms with Crippen LogP contribution in [0.3, 0.4) is 0 Å². The maximum absolute atomic E-state index is 13.3. The lowest BCUT2D eigenvalue weighted by Crippen LogP contribution is -2.46. The lowest BCUT2D eigenvalue weighted by molar-refractivity contribution is 0.0663. The van der Waals surface area contributed by atoms with Gasteiger partial charge in [-0.3, -0.25) is 4.90 Å². The molecule has 1 aliphatic heterocycles. The molecular formula is C18H23FN2O4. The summed E-state index contributed by atoms with van der Waals surface area (Å²) in [5.41, 5.74) is 0.119. The molecule has 1 saturated heterocycles. The molecule has 0 radical (unpaired) electrons. The van der Waals surface area contributed by atoms with Gasteiger partial charge in [-0.1, -0.05) is 12.1 Å². The highest BCUT2D eigenvalue weighted by Gasteiger charge is 2.51. The van der Waals surface area contributed by atoms with Crippen molar-refractivity contribution < 1.29 is 23.8 Å². The van der Waals surface area contributed by atoms with Gasteiger partial charge in [0.25, 0.3) is 0 Å². The van der Waals surface area contributed by atoms with Crippen molar-refractivity contribution in [2.24, 2.45) is 0 Å². The number of benzene rings is 1. The number of rotatable bonds is 3. The lowest BCUT2D eigenvalue weighted by atomic mass is 9.86. The number of nitrogens with zero attached hydrogens (tertiary/aromatic N) is 1. The summed E-state index contributed by atoms with van der Waals surface area (Å²) in [7, 11) is 0. The first-order chi connectivity index (χ1) is 11.8. The van der Waals surface area contributed by atoms with E-state index in [9.17, 15) is 14.0 Å². The van der Waals surface area contributed by atoms with Crippen LogP contribution < -0.4 is 5.32 Å². The van der Waals surface area contributed by atoms with Gasteiger partial charge in [-0.2, -0.15) is 0 Å². The van der Waals surface area contributed by atoms with Crippen molar-refractivity contribution >= 4 is 12.2 Å². The Morgan fingerprint density at radius 2 is 1.84 bits per heavy atom. The van der Waals surface area contributed by atoms with E-state index in [1.165, 1.54) is 12.1 Å². The van der Waals surface area contributed by atoms with E-state index in [1.807, 2.05) is 13.8 Å². The Morgan fingerprint density at radius 1 is 1.24 bits per heavy atom. The molecule has 0 spiro atoms. The predicted molar refractivity (Wildman–Crippen MR) is 88.7 cm³/mol. The third-order valence-electron chi connectivity index (χ3n) is 5.10. The number of nitrogens with one attached hydrogen (secondary N) is 1. The maximum Gasteiger partial charge on any atom is 0.411 e. The smallest absolute Gasteiger partial charge is 0.411 e. The zero-order valence-electron chi connectivity index (χ0n) is 14.4. The SMILES string of the molecule is CC1(C)OC(=O)N([C@H]2CC[C@H](NC(=O)O)CC2)[C@H]1c1ccc(F)cc1. The van der Waals surface area contributed by atoms with Crippen molar-refractivity contribution in [3.63, 3.8) is 0 Å². The largest absolute Gasteiger partial charge is 0.465 e. The molecule has 25 heavy (non-hydrogen) atoms. The first kappa shape index (κ1) is 17.5. The van der Waals surface area contributed by atoms with Crippen LogP contribution in [0.25, 0.3) is 0 Å². The molecule has 1 aromatic rings. The molecule has 2 amide bonds. The summed E-state index contributed by atoms with van der Waals surface area (Å²) in [4.78, 5) is 25.1. The molecule has 1 saturated carbocycles. The van der Waals surface area contributed by atoms with Gasteiger partial charge >= 0.3 is 12.2 Å². The molecule has 7 heteroatoms. The zero-order valence-corrected chi connectivity index (χ0v) is 14.4. The number of cyclic esters (lactones) is 1. The van der Waals surface area contributed by atoms with Crippen LogP contribution in [0.2, 0.25) is 0 Å². The van der Waals surface area contributed by atoms with Gasteiger partial charge in [0.2, 0.25) is 0 Å². The van der Waals surface area contributed by atoms with Crippen LogP contribution in [-0.2, 0) is 4.74 Å². The number of halogens is 1. The standard InChI is InChI=1S/C18H23FN2O4/c1-18(2)15(11-3-5-12(19)6-4-11)21(17(24)25-18)14-9-7-13(8-10-14)20-16(22)23/h3-6,13-15,20H,7-10H2,1-2H3,(H,22,23)/t13-,14-,15-/m0/s1. The quantitative estimate of drug-likeness (QED) is 0.872. The summed E-state index contributed by atoms with van der Waals surface area (Å²) in [5.74, 6) is -0.321. The second-order valence-electron chi connectivity index (χ2n) is 7.29. The Hall–Kier alpha value is -2.31. The van der Waals surface area contributed by atoms with Crippen molar-refractivity contribution in [1.82, 2.24) is 10.2 Å². The highest BCUT2D eigenvalue weighted by Crippen LogP contribution is 2.44. The molecule has 2 fully saturated rings. The summed E-state index contributed by atoms with van der Waals surface area (Å²) in [6.45, 7) is 3.72. The minimum atomic E-state index is -1.02. The normalized spacial score (nSPS) is 28.5. The molecule has 1 aromatic carbocycles. The van der Waals surface area contributed by atoms with Crippen molar-refractivity contribution in [2.45, 2.75) is 63.3 Å². The minimum absolute atomic E-state index is 0.0174.